The van der Waals surface area contributed by atoms with Gasteiger partial charge in [-0.25, -0.2) is 9.97 Å². The molecule has 1 aromatic heterocycles. The summed E-state index contributed by atoms with van der Waals surface area (Å²) >= 11 is 0. The molecule has 144 valence electrons. The van der Waals surface area contributed by atoms with Crippen LogP contribution in [0.4, 0.5) is 0 Å². The summed E-state index contributed by atoms with van der Waals surface area (Å²) in [6, 6.07) is 17.7. The third-order valence-corrected chi connectivity index (χ3v) is 4.44. The zero-order valence-corrected chi connectivity index (χ0v) is 16.4. The molecule has 1 amide bonds. The lowest BCUT2D eigenvalue weighted by Crippen LogP contribution is -2.29. The molecule has 28 heavy (non-hydrogen) atoms. The van der Waals surface area contributed by atoms with Crippen LogP contribution in [-0.2, 0) is 5.41 Å². The molecule has 0 radical (unpaired) electrons. The Hall–Kier alpha value is -3.05. The monoisotopic (exact) mass is 375 g/mol. The summed E-state index contributed by atoms with van der Waals surface area (Å²) in [5.41, 5.74) is 3.16. The quantitative estimate of drug-likeness (QED) is 0.709. The van der Waals surface area contributed by atoms with Gasteiger partial charge in [-0.15, -0.1) is 0 Å². The zero-order valence-electron chi connectivity index (χ0n) is 16.4. The minimum absolute atomic E-state index is 0.116. The molecular formula is C23H25N3O2. The third-order valence-electron chi connectivity index (χ3n) is 4.44. The van der Waals surface area contributed by atoms with Gasteiger partial charge in [0.15, 0.2) is 0 Å². The lowest BCUT2D eigenvalue weighted by Gasteiger charge is -2.16. The minimum Gasteiger partial charge on any atom is -0.387 e. The Morgan fingerprint density at radius 3 is 2.11 bits per heavy atom. The molecule has 0 fully saturated rings. The largest absolute Gasteiger partial charge is 0.387 e. The van der Waals surface area contributed by atoms with Crippen LogP contribution in [0.2, 0.25) is 0 Å². The normalized spacial score (nSPS) is 12.4. The van der Waals surface area contributed by atoms with Crippen molar-refractivity contribution in [3.63, 3.8) is 0 Å². The smallest absolute Gasteiger partial charge is 0.254 e. The Bertz CT molecular complexity index is 915. The van der Waals surface area contributed by atoms with Gasteiger partial charge in [0, 0.05) is 24.4 Å². The van der Waals surface area contributed by atoms with Crippen molar-refractivity contribution in [1.29, 1.82) is 0 Å². The van der Waals surface area contributed by atoms with E-state index in [1.165, 1.54) is 12.4 Å². The molecule has 5 heteroatoms. The first kappa shape index (κ1) is 19.7. The van der Waals surface area contributed by atoms with Gasteiger partial charge in [0.25, 0.3) is 5.91 Å². The molecule has 0 aliphatic heterocycles. The second kappa shape index (κ2) is 8.31. The van der Waals surface area contributed by atoms with Gasteiger partial charge in [-0.1, -0.05) is 75.4 Å². The van der Waals surface area contributed by atoms with E-state index in [1.807, 2.05) is 75.4 Å². The number of nitrogens with zero attached hydrogens (tertiary/aromatic N) is 2. The Morgan fingerprint density at radius 2 is 1.54 bits per heavy atom. The molecule has 3 rings (SSSR count). The lowest BCUT2D eigenvalue weighted by atomic mass is 9.96. The summed E-state index contributed by atoms with van der Waals surface area (Å²) in [5.74, 6) is 0.378. The molecule has 3 aromatic rings. The molecule has 0 aliphatic carbocycles. The van der Waals surface area contributed by atoms with Crippen LogP contribution in [0.5, 0.6) is 0 Å². The molecule has 2 aromatic carbocycles. The summed E-state index contributed by atoms with van der Waals surface area (Å²) in [6.07, 6.45) is 2.25. The fourth-order valence-electron chi connectivity index (χ4n) is 2.77. The van der Waals surface area contributed by atoms with Crippen LogP contribution in [0.15, 0.2) is 67.0 Å². The van der Waals surface area contributed by atoms with E-state index in [0.717, 1.165) is 16.7 Å². The zero-order chi connectivity index (χ0) is 20.1. The number of hydrogen-bond acceptors (Lipinski definition) is 4. The summed E-state index contributed by atoms with van der Waals surface area (Å²) in [7, 11) is 0. The average molecular weight is 375 g/mol. The number of carbonyl (C=O) groups is 1. The van der Waals surface area contributed by atoms with Crippen LogP contribution in [0.25, 0.3) is 11.1 Å². The van der Waals surface area contributed by atoms with Crippen molar-refractivity contribution >= 4 is 5.91 Å². The van der Waals surface area contributed by atoms with Gasteiger partial charge in [0.05, 0.1) is 11.7 Å². The molecule has 0 spiro atoms. The predicted molar refractivity (Wildman–Crippen MR) is 110 cm³/mol. The fourth-order valence-corrected chi connectivity index (χ4v) is 2.77. The first-order valence-electron chi connectivity index (χ1n) is 9.29. The third kappa shape index (κ3) is 4.81. The molecule has 1 unspecified atom stereocenters. The molecule has 1 atom stereocenters. The van der Waals surface area contributed by atoms with Gasteiger partial charge in [-0.3, -0.25) is 4.79 Å². The summed E-state index contributed by atoms with van der Waals surface area (Å²) < 4.78 is 0. The number of carbonyl (C=O) groups excluding carboxylic acids is 1. The van der Waals surface area contributed by atoms with Crippen molar-refractivity contribution in [2.75, 3.05) is 6.54 Å². The highest BCUT2D eigenvalue weighted by atomic mass is 16.3. The molecule has 0 saturated carbocycles. The molecule has 0 bridgehead atoms. The Kier molecular flexibility index (Phi) is 5.85. The second-order valence-electron chi connectivity index (χ2n) is 7.76. The standard InChI is InChI=1S/C23H25N3O2/c1-23(2,3)22-25-13-19(14-26-22)21(28)24-15-20(27)18-11-9-17(10-12-18)16-7-5-4-6-8-16/h4-14,20,27H,15H2,1-3H3,(H,24,28). The Labute approximate surface area is 165 Å². The molecule has 1 heterocycles. The van der Waals surface area contributed by atoms with Crippen LogP contribution in [0.3, 0.4) is 0 Å². The van der Waals surface area contributed by atoms with Crippen molar-refractivity contribution < 1.29 is 9.90 Å². The molecular weight excluding hydrogens is 350 g/mol. The summed E-state index contributed by atoms with van der Waals surface area (Å²) in [5, 5.41) is 13.1. The van der Waals surface area contributed by atoms with Crippen LogP contribution in [0.1, 0.15) is 48.6 Å². The van der Waals surface area contributed by atoms with Crippen molar-refractivity contribution in [3.05, 3.63) is 83.9 Å². The predicted octanol–water partition coefficient (Wildman–Crippen LogP) is 3.90. The maximum atomic E-state index is 12.3. The highest BCUT2D eigenvalue weighted by Crippen LogP contribution is 2.22. The molecule has 0 aliphatic rings. The number of benzene rings is 2. The number of hydrogen-bond donors (Lipinski definition) is 2. The van der Waals surface area contributed by atoms with Crippen molar-refractivity contribution in [1.82, 2.24) is 15.3 Å². The molecule has 5 nitrogen and oxygen atoms in total. The Balaban J connectivity index is 1.59. The van der Waals surface area contributed by atoms with E-state index in [2.05, 4.69) is 15.3 Å². The number of aromatic nitrogens is 2. The number of amides is 1. The molecule has 0 saturated heterocycles. The van der Waals surface area contributed by atoms with Gasteiger partial charge < -0.3 is 10.4 Å². The van der Waals surface area contributed by atoms with Gasteiger partial charge in [-0.2, -0.15) is 0 Å². The lowest BCUT2D eigenvalue weighted by molar-refractivity contribution is 0.0915. The fraction of sp³-hybridized carbons (Fsp3) is 0.261. The van der Waals surface area contributed by atoms with Gasteiger partial charge in [-0.05, 0) is 16.7 Å². The number of nitrogens with one attached hydrogen (secondary N) is 1. The van der Waals surface area contributed by atoms with Gasteiger partial charge in [0.2, 0.25) is 0 Å². The highest BCUT2D eigenvalue weighted by molar-refractivity contribution is 5.93. The van der Waals surface area contributed by atoms with E-state index < -0.39 is 6.10 Å². The van der Waals surface area contributed by atoms with Crippen LogP contribution in [-0.4, -0.2) is 27.5 Å². The highest BCUT2D eigenvalue weighted by Gasteiger charge is 2.18. The first-order valence-corrected chi connectivity index (χ1v) is 9.29. The molecule has 2 N–H and O–H groups in total. The SMILES string of the molecule is CC(C)(C)c1ncc(C(=O)NCC(O)c2ccc(-c3ccccc3)cc2)cn1. The van der Waals surface area contributed by atoms with Gasteiger partial charge >= 0.3 is 0 Å². The maximum Gasteiger partial charge on any atom is 0.254 e. The number of rotatable bonds is 5. The first-order chi connectivity index (χ1) is 13.3. The van der Waals surface area contributed by atoms with E-state index in [-0.39, 0.29) is 17.9 Å². The number of aliphatic hydroxyl groups excluding tert-OH is 1. The average Bonchev–Trinajstić information content (AvgIpc) is 2.72. The van der Waals surface area contributed by atoms with E-state index in [1.54, 1.807) is 0 Å². The summed E-state index contributed by atoms with van der Waals surface area (Å²) in [4.78, 5) is 20.8. The van der Waals surface area contributed by atoms with Crippen LogP contribution < -0.4 is 5.32 Å². The van der Waals surface area contributed by atoms with Crippen molar-refractivity contribution in [2.45, 2.75) is 32.3 Å². The minimum atomic E-state index is -0.788. The van der Waals surface area contributed by atoms with E-state index in [9.17, 15) is 9.90 Å². The number of aliphatic hydroxyl groups is 1. The van der Waals surface area contributed by atoms with Gasteiger partial charge in [0.1, 0.15) is 5.82 Å². The van der Waals surface area contributed by atoms with E-state index >= 15 is 0 Å². The summed E-state index contributed by atoms with van der Waals surface area (Å²) in [6.45, 7) is 6.16. The van der Waals surface area contributed by atoms with Crippen LogP contribution >= 0.6 is 0 Å². The van der Waals surface area contributed by atoms with Crippen molar-refractivity contribution in [2.24, 2.45) is 0 Å². The topological polar surface area (TPSA) is 75.1 Å². The maximum absolute atomic E-state index is 12.3. The Morgan fingerprint density at radius 1 is 0.964 bits per heavy atom. The van der Waals surface area contributed by atoms with Crippen LogP contribution in [0, 0.1) is 0 Å². The second-order valence-corrected chi connectivity index (χ2v) is 7.76. The van der Waals surface area contributed by atoms with E-state index in [0.29, 0.717) is 11.4 Å². The van der Waals surface area contributed by atoms with E-state index in [4.69, 9.17) is 0 Å². The van der Waals surface area contributed by atoms with Crippen molar-refractivity contribution in [3.8, 4) is 11.1 Å².